The molecule has 18 heavy (non-hydrogen) atoms. The predicted octanol–water partition coefficient (Wildman–Crippen LogP) is 1.74. The third kappa shape index (κ3) is 2.83. The van der Waals surface area contributed by atoms with Gasteiger partial charge < -0.3 is 14.7 Å². The summed E-state index contributed by atoms with van der Waals surface area (Å²) in [5, 5.41) is 9.74. The van der Waals surface area contributed by atoms with Crippen molar-refractivity contribution in [3.05, 3.63) is 28.8 Å². The second-order valence-electron chi connectivity index (χ2n) is 4.48. The molecule has 2 rings (SSSR count). The number of hydrogen-bond acceptors (Lipinski definition) is 4. The van der Waals surface area contributed by atoms with E-state index in [4.69, 9.17) is 16.3 Å². The fourth-order valence-corrected chi connectivity index (χ4v) is 2.50. The number of halogens is 1. The lowest BCUT2D eigenvalue weighted by atomic mass is 10.1. The summed E-state index contributed by atoms with van der Waals surface area (Å²) in [4.78, 5) is 12.7. The van der Waals surface area contributed by atoms with Gasteiger partial charge in [0.15, 0.2) is 0 Å². The molecule has 1 aromatic carbocycles. The van der Waals surface area contributed by atoms with Gasteiger partial charge in [-0.3, -0.25) is 4.79 Å². The molecule has 5 heteroatoms. The van der Waals surface area contributed by atoms with Gasteiger partial charge in [-0.05, 0) is 25.1 Å². The molecule has 0 aliphatic carbocycles. The number of anilines is 1. The van der Waals surface area contributed by atoms with Gasteiger partial charge in [0, 0.05) is 18.7 Å². The monoisotopic (exact) mass is 269 g/mol. The van der Waals surface area contributed by atoms with Gasteiger partial charge in [0.2, 0.25) is 0 Å². The van der Waals surface area contributed by atoms with Crippen LogP contribution in [-0.2, 0) is 4.74 Å². The van der Waals surface area contributed by atoms with Crippen molar-refractivity contribution in [1.29, 1.82) is 0 Å². The van der Waals surface area contributed by atoms with Crippen molar-refractivity contribution in [3.8, 4) is 0 Å². The largest absolute Gasteiger partial charge is 0.394 e. The molecule has 0 spiro atoms. The Labute approximate surface area is 111 Å². The molecule has 0 saturated carbocycles. The minimum Gasteiger partial charge on any atom is -0.394 e. The van der Waals surface area contributed by atoms with Crippen LogP contribution >= 0.6 is 11.6 Å². The fourth-order valence-electron chi connectivity index (χ4n) is 2.20. The molecular weight excluding hydrogens is 254 g/mol. The third-order valence-electron chi connectivity index (χ3n) is 2.98. The Balaban J connectivity index is 2.22. The second kappa shape index (κ2) is 5.69. The summed E-state index contributed by atoms with van der Waals surface area (Å²) in [6.45, 7) is 3.27. The van der Waals surface area contributed by atoms with E-state index in [-0.39, 0.29) is 18.8 Å². The molecule has 98 valence electrons. The molecule has 1 N–H and O–H groups in total. The van der Waals surface area contributed by atoms with E-state index < -0.39 is 0 Å². The molecule has 1 fully saturated rings. The van der Waals surface area contributed by atoms with Crippen LogP contribution in [0.3, 0.4) is 0 Å². The first-order valence-electron chi connectivity index (χ1n) is 5.90. The SMILES string of the molecule is CC1CN(c2ccc(C=O)cc2Cl)CC(CO)O1. The smallest absolute Gasteiger partial charge is 0.150 e. The van der Waals surface area contributed by atoms with E-state index in [1.54, 1.807) is 12.1 Å². The summed E-state index contributed by atoms with van der Waals surface area (Å²) in [5.74, 6) is 0. The van der Waals surface area contributed by atoms with E-state index in [1.807, 2.05) is 13.0 Å². The van der Waals surface area contributed by atoms with Crippen molar-refractivity contribution in [3.63, 3.8) is 0 Å². The normalized spacial score (nSPS) is 24.1. The molecule has 0 aromatic heterocycles. The number of aliphatic hydroxyl groups is 1. The zero-order chi connectivity index (χ0) is 13.1. The van der Waals surface area contributed by atoms with Crippen molar-refractivity contribution in [2.75, 3.05) is 24.6 Å². The van der Waals surface area contributed by atoms with E-state index in [1.165, 1.54) is 0 Å². The van der Waals surface area contributed by atoms with Crippen molar-refractivity contribution in [2.24, 2.45) is 0 Å². The summed E-state index contributed by atoms with van der Waals surface area (Å²) in [6.07, 6.45) is 0.613. The van der Waals surface area contributed by atoms with Crippen molar-refractivity contribution in [1.82, 2.24) is 0 Å². The van der Waals surface area contributed by atoms with Gasteiger partial charge in [0.1, 0.15) is 6.29 Å². The topological polar surface area (TPSA) is 49.8 Å². The Morgan fingerprint density at radius 3 is 2.94 bits per heavy atom. The number of morpholine rings is 1. The molecule has 1 aliphatic rings. The Morgan fingerprint density at radius 2 is 2.33 bits per heavy atom. The van der Waals surface area contributed by atoms with Crippen LogP contribution < -0.4 is 4.90 Å². The number of hydrogen-bond donors (Lipinski definition) is 1. The van der Waals surface area contributed by atoms with E-state index in [0.717, 1.165) is 18.5 Å². The number of carbonyl (C=O) groups is 1. The molecule has 2 unspecified atom stereocenters. The summed E-state index contributed by atoms with van der Waals surface area (Å²) in [7, 11) is 0. The van der Waals surface area contributed by atoms with Gasteiger partial charge in [0.05, 0.1) is 29.5 Å². The zero-order valence-electron chi connectivity index (χ0n) is 10.2. The number of ether oxygens (including phenoxy) is 1. The molecule has 4 nitrogen and oxygen atoms in total. The molecule has 0 bridgehead atoms. The standard InChI is InChI=1S/C13H16ClNO3/c1-9-5-15(6-11(8-17)18-9)13-3-2-10(7-16)4-12(13)14/h2-4,7,9,11,17H,5-6,8H2,1H3. The van der Waals surface area contributed by atoms with Gasteiger partial charge in [-0.15, -0.1) is 0 Å². The molecule has 1 heterocycles. The van der Waals surface area contributed by atoms with Crippen LogP contribution in [0.15, 0.2) is 18.2 Å². The predicted molar refractivity (Wildman–Crippen MR) is 70.5 cm³/mol. The molecule has 2 atom stereocenters. The number of benzene rings is 1. The summed E-state index contributed by atoms with van der Waals surface area (Å²) < 4.78 is 5.58. The van der Waals surface area contributed by atoms with Gasteiger partial charge in [-0.25, -0.2) is 0 Å². The van der Waals surface area contributed by atoms with Crippen molar-refractivity contribution >= 4 is 23.6 Å². The number of rotatable bonds is 3. The average Bonchev–Trinajstić information content (AvgIpc) is 2.37. The van der Waals surface area contributed by atoms with Crippen LogP contribution in [0.5, 0.6) is 0 Å². The van der Waals surface area contributed by atoms with E-state index >= 15 is 0 Å². The Morgan fingerprint density at radius 1 is 1.56 bits per heavy atom. The zero-order valence-corrected chi connectivity index (χ0v) is 10.9. The minimum absolute atomic E-state index is 0.00905. The van der Waals surface area contributed by atoms with E-state index in [0.29, 0.717) is 17.1 Å². The first-order chi connectivity index (χ1) is 8.63. The van der Waals surface area contributed by atoms with Gasteiger partial charge >= 0.3 is 0 Å². The second-order valence-corrected chi connectivity index (χ2v) is 4.89. The quantitative estimate of drug-likeness (QED) is 0.850. The number of carbonyl (C=O) groups excluding carboxylic acids is 1. The maximum Gasteiger partial charge on any atom is 0.150 e. The van der Waals surface area contributed by atoms with Gasteiger partial charge in [0.25, 0.3) is 0 Å². The molecule has 1 aliphatic heterocycles. The van der Waals surface area contributed by atoms with Crippen LogP contribution in [0.2, 0.25) is 5.02 Å². The summed E-state index contributed by atoms with van der Waals surface area (Å²) >= 11 is 6.18. The lowest BCUT2D eigenvalue weighted by Gasteiger charge is -2.37. The average molecular weight is 270 g/mol. The molecule has 1 aromatic rings. The van der Waals surface area contributed by atoms with Crippen LogP contribution in [0.4, 0.5) is 5.69 Å². The van der Waals surface area contributed by atoms with E-state index in [2.05, 4.69) is 4.90 Å². The lowest BCUT2D eigenvalue weighted by Crippen LogP contribution is -2.48. The van der Waals surface area contributed by atoms with Crippen molar-refractivity contribution < 1.29 is 14.6 Å². The van der Waals surface area contributed by atoms with Crippen LogP contribution in [0, 0.1) is 0 Å². The number of aliphatic hydroxyl groups excluding tert-OH is 1. The molecule has 1 saturated heterocycles. The maximum absolute atomic E-state index is 10.7. The number of nitrogens with zero attached hydrogens (tertiary/aromatic N) is 1. The highest BCUT2D eigenvalue weighted by atomic mass is 35.5. The highest BCUT2D eigenvalue weighted by Gasteiger charge is 2.25. The Bertz CT molecular complexity index is 438. The summed E-state index contributed by atoms with van der Waals surface area (Å²) in [5.41, 5.74) is 1.43. The van der Waals surface area contributed by atoms with Crippen LogP contribution in [0.25, 0.3) is 0 Å². The van der Waals surface area contributed by atoms with Gasteiger partial charge in [-0.1, -0.05) is 11.6 Å². The Hall–Kier alpha value is -1.10. The van der Waals surface area contributed by atoms with Crippen LogP contribution in [0.1, 0.15) is 17.3 Å². The Kier molecular flexibility index (Phi) is 4.22. The van der Waals surface area contributed by atoms with Gasteiger partial charge in [-0.2, -0.15) is 0 Å². The maximum atomic E-state index is 10.7. The van der Waals surface area contributed by atoms with Crippen LogP contribution in [-0.4, -0.2) is 43.3 Å². The fraction of sp³-hybridized carbons (Fsp3) is 0.462. The molecule has 0 amide bonds. The molecular formula is C13H16ClNO3. The molecule has 0 radical (unpaired) electrons. The summed E-state index contributed by atoms with van der Waals surface area (Å²) in [6, 6.07) is 5.22. The first kappa shape index (κ1) is 13.3. The van der Waals surface area contributed by atoms with E-state index in [9.17, 15) is 9.90 Å². The van der Waals surface area contributed by atoms with Crippen molar-refractivity contribution in [2.45, 2.75) is 19.1 Å². The third-order valence-corrected chi connectivity index (χ3v) is 3.28. The highest BCUT2D eigenvalue weighted by molar-refractivity contribution is 6.33. The highest BCUT2D eigenvalue weighted by Crippen LogP contribution is 2.29. The lowest BCUT2D eigenvalue weighted by molar-refractivity contribution is -0.0421. The number of aldehydes is 1. The minimum atomic E-state index is -0.199. The first-order valence-corrected chi connectivity index (χ1v) is 6.28.